The van der Waals surface area contributed by atoms with Crippen LogP contribution in [0.5, 0.6) is 0 Å². The first kappa shape index (κ1) is 12.9. The zero-order valence-electron chi connectivity index (χ0n) is 10.2. The SMILES string of the molecule is CC1=C(C)C(=O)N(c2ccc(C(=O)[O-])c(F)c2)C1=O. The van der Waals surface area contributed by atoms with Crippen LogP contribution in [0.15, 0.2) is 29.3 Å². The van der Waals surface area contributed by atoms with Gasteiger partial charge in [-0.3, -0.25) is 9.59 Å². The maximum absolute atomic E-state index is 13.5. The molecule has 0 aliphatic carbocycles. The van der Waals surface area contributed by atoms with Crippen molar-refractivity contribution in [2.45, 2.75) is 13.8 Å². The summed E-state index contributed by atoms with van der Waals surface area (Å²) in [6.07, 6.45) is 0. The molecule has 98 valence electrons. The molecule has 0 atom stereocenters. The number of carbonyl (C=O) groups is 3. The second-order valence-corrected chi connectivity index (χ2v) is 4.15. The first-order chi connectivity index (χ1) is 8.84. The van der Waals surface area contributed by atoms with Gasteiger partial charge in [-0.2, -0.15) is 0 Å². The molecule has 0 fully saturated rings. The third-order valence-corrected chi connectivity index (χ3v) is 3.04. The number of nitrogens with zero attached hydrogens (tertiary/aromatic N) is 1. The lowest BCUT2D eigenvalue weighted by Crippen LogP contribution is -2.31. The van der Waals surface area contributed by atoms with Crippen LogP contribution >= 0.6 is 0 Å². The Labute approximate surface area is 107 Å². The van der Waals surface area contributed by atoms with Gasteiger partial charge in [0.05, 0.1) is 11.7 Å². The molecule has 1 aliphatic rings. The summed E-state index contributed by atoms with van der Waals surface area (Å²) in [6.45, 7) is 3.00. The number of benzene rings is 1. The number of rotatable bonds is 2. The molecule has 6 heteroatoms. The lowest BCUT2D eigenvalue weighted by Gasteiger charge is -2.16. The molecule has 0 bridgehead atoms. The molecule has 0 unspecified atom stereocenters. The summed E-state index contributed by atoms with van der Waals surface area (Å²) in [4.78, 5) is 35.1. The Hall–Kier alpha value is -2.50. The minimum atomic E-state index is -1.66. The van der Waals surface area contributed by atoms with Gasteiger partial charge in [-0.1, -0.05) is 0 Å². The zero-order valence-corrected chi connectivity index (χ0v) is 10.2. The lowest BCUT2D eigenvalue weighted by atomic mass is 10.2. The Bertz CT molecular complexity index is 624. The normalized spacial score (nSPS) is 15.4. The van der Waals surface area contributed by atoms with Gasteiger partial charge in [-0.15, -0.1) is 0 Å². The Balaban J connectivity index is 2.46. The maximum Gasteiger partial charge on any atom is 0.261 e. The van der Waals surface area contributed by atoms with Gasteiger partial charge < -0.3 is 9.90 Å². The second kappa shape index (κ2) is 4.31. The molecule has 0 radical (unpaired) electrons. The van der Waals surface area contributed by atoms with E-state index in [2.05, 4.69) is 0 Å². The first-order valence-electron chi connectivity index (χ1n) is 5.41. The number of halogens is 1. The number of carbonyl (C=O) groups excluding carboxylic acids is 3. The van der Waals surface area contributed by atoms with Crippen molar-refractivity contribution < 1.29 is 23.9 Å². The van der Waals surface area contributed by atoms with E-state index < -0.39 is 29.2 Å². The van der Waals surface area contributed by atoms with E-state index in [0.717, 1.165) is 17.0 Å². The van der Waals surface area contributed by atoms with Crippen molar-refractivity contribution in [3.05, 3.63) is 40.7 Å². The van der Waals surface area contributed by atoms with Crippen molar-refractivity contribution in [3.63, 3.8) is 0 Å². The fourth-order valence-electron chi connectivity index (χ4n) is 1.79. The minimum absolute atomic E-state index is 0.00583. The predicted molar refractivity (Wildman–Crippen MR) is 61.6 cm³/mol. The standard InChI is InChI=1S/C13H10FNO4/c1-6-7(2)12(17)15(11(6)16)8-3-4-9(13(18)19)10(14)5-8/h3-5H,1-2H3,(H,18,19)/p-1. The van der Waals surface area contributed by atoms with Crippen molar-refractivity contribution in [2.24, 2.45) is 0 Å². The molecule has 1 aliphatic heterocycles. The molecule has 0 aromatic heterocycles. The van der Waals surface area contributed by atoms with Gasteiger partial charge in [-0.05, 0) is 32.0 Å². The molecule has 5 nitrogen and oxygen atoms in total. The number of hydrogen-bond acceptors (Lipinski definition) is 4. The van der Waals surface area contributed by atoms with E-state index in [9.17, 15) is 23.9 Å². The monoisotopic (exact) mass is 262 g/mol. The molecule has 1 aromatic rings. The van der Waals surface area contributed by atoms with Crippen molar-refractivity contribution in [2.75, 3.05) is 4.90 Å². The number of carboxylic acids is 1. The highest BCUT2D eigenvalue weighted by atomic mass is 19.1. The number of carboxylic acid groups (broad SMARTS) is 1. The maximum atomic E-state index is 13.5. The Morgan fingerprint density at radius 3 is 2.11 bits per heavy atom. The van der Waals surface area contributed by atoms with Crippen LogP contribution in [0.4, 0.5) is 10.1 Å². The molecular formula is C13H9FNO4-. The van der Waals surface area contributed by atoms with Crippen LogP contribution in [0.1, 0.15) is 24.2 Å². The number of anilines is 1. The Kier molecular flexibility index (Phi) is 2.94. The van der Waals surface area contributed by atoms with E-state index in [1.165, 1.54) is 19.9 Å². The molecule has 19 heavy (non-hydrogen) atoms. The molecule has 1 aromatic carbocycles. The Morgan fingerprint density at radius 2 is 1.68 bits per heavy atom. The summed E-state index contributed by atoms with van der Waals surface area (Å²) in [5, 5.41) is 10.6. The van der Waals surface area contributed by atoms with E-state index >= 15 is 0 Å². The van der Waals surface area contributed by atoms with E-state index in [0.29, 0.717) is 0 Å². The van der Waals surface area contributed by atoms with E-state index in [4.69, 9.17) is 0 Å². The highest BCUT2D eigenvalue weighted by molar-refractivity contribution is 6.32. The summed E-state index contributed by atoms with van der Waals surface area (Å²) in [7, 11) is 0. The third-order valence-electron chi connectivity index (χ3n) is 3.04. The van der Waals surface area contributed by atoms with E-state index in [-0.39, 0.29) is 16.8 Å². The van der Waals surface area contributed by atoms with Crippen LogP contribution < -0.4 is 10.0 Å². The molecule has 2 amide bonds. The van der Waals surface area contributed by atoms with Gasteiger partial charge in [0.2, 0.25) is 0 Å². The number of aromatic carboxylic acids is 1. The number of hydrogen-bond donors (Lipinski definition) is 0. The van der Waals surface area contributed by atoms with E-state index in [1.54, 1.807) is 0 Å². The van der Waals surface area contributed by atoms with Crippen molar-refractivity contribution >= 4 is 23.5 Å². The summed E-state index contributed by atoms with van der Waals surface area (Å²) in [5.41, 5.74) is -0.0540. The molecular weight excluding hydrogens is 253 g/mol. The van der Waals surface area contributed by atoms with Gasteiger partial charge in [0.15, 0.2) is 0 Å². The van der Waals surface area contributed by atoms with Gasteiger partial charge >= 0.3 is 0 Å². The second-order valence-electron chi connectivity index (χ2n) is 4.15. The highest BCUT2D eigenvalue weighted by Gasteiger charge is 2.34. The van der Waals surface area contributed by atoms with Crippen LogP contribution in [0.25, 0.3) is 0 Å². The smallest absolute Gasteiger partial charge is 0.261 e. The molecule has 1 heterocycles. The molecule has 0 saturated heterocycles. The molecule has 0 N–H and O–H groups in total. The predicted octanol–water partition coefficient (Wildman–Crippen LogP) is 0.399. The van der Waals surface area contributed by atoms with Gasteiger partial charge in [0.1, 0.15) is 5.82 Å². The lowest BCUT2D eigenvalue weighted by molar-refractivity contribution is -0.255. The van der Waals surface area contributed by atoms with Gasteiger partial charge in [0.25, 0.3) is 11.8 Å². The van der Waals surface area contributed by atoms with Crippen LogP contribution in [-0.2, 0) is 9.59 Å². The number of imide groups is 1. The van der Waals surface area contributed by atoms with Crippen molar-refractivity contribution in [1.82, 2.24) is 0 Å². The highest BCUT2D eigenvalue weighted by Crippen LogP contribution is 2.27. The largest absolute Gasteiger partial charge is 0.545 e. The molecule has 2 rings (SSSR count). The van der Waals surface area contributed by atoms with Gasteiger partial charge in [0, 0.05) is 16.7 Å². The topological polar surface area (TPSA) is 77.5 Å². The summed E-state index contributed by atoms with van der Waals surface area (Å²) in [6, 6.07) is 2.98. The Morgan fingerprint density at radius 1 is 1.16 bits per heavy atom. The molecule has 0 spiro atoms. The van der Waals surface area contributed by atoms with Crippen LogP contribution in [0, 0.1) is 5.82 Å². The fourth-order valence-corrected chi connectivity index (χ4v) is 1.79. The summed E-state index contributed by atoms with van der Waals surface area (Å²) < 4.78 is 13.5. The fraction of sp³-hybridized carbons (Fsp3) is 0.154. The quantitative estimate of drug-likeness (QED) is 0.723. The summed E-state index contributed by atoms with van der Waals surface area (Å²) in [5.74, 6) is -3.79. The van der Waals surface area contributed by atoms with Crippen LogP contribution in [0.2, 0.25) is 0 Å². The van der Waals surface area contributed by atoms with Crippen molar-refractivity contribution in [3.8, 4) is 0 Å². The zero-order chi connectivity index (χ0) is 14.3. The van der Waals surface area contributed by atoms with Crippen LogP contribution in [0.3, 0.4) is 0 Å². The number of amides is 2. The van der Waals surface area contributed by atoms with E-state index in [1.807, 2.05) is 0 Å². The average Bonchev–Trinajstić information content (AvgIpc) is 2.53. The molecule has 0 saturated carbocycles. The van der Waals surface area contributed by atoms with Gasteiger partial charge in [-0.25, -0.2) is 9.29 Å². The minimum Gasteiger partial charge on any atom is -0.545 e. The van der Waals surface area contributed by atoms with Crippen molar-refractivity contribution in [1.29, 1.82) is 0 Å². The average molecular weight is 262 g/mol. The summed E-state index contributed by atoms with van der Waals surface area (Å²) >= 11 is 0. The first-order valence-corrected chi connectivity index (χ1v) is 5.41. The van der Waals surface area contributed by atoms with Crippen LogP contribution in [-0.4, -0.2) is 17.8 Å². The third kappa shape index (κ3) is 1.91.